The van der Waals surface area contributed by atoms with E-state index >= 15 is 0 Å². The average molecular weight is 623 g/mol. The van der Waals surface area contributed by atoms with E-state index in [1.165, 1.54) is 44.1 Å². The summed E-state index contributed by atoms with van der Waals surface area (Å²) in [6, 6.07) is 15.5. The van der Waals surface area contributed by atoms with Gasteiger partial charge in [0.05, 0.1) is 0 Å². The maximum atomic E-state index is 11.6. The SMILES string of the molecule is CCCCCCCCCc1ccc(OP(O)OC(c2cc(C)cc(C(C)(C)C)c2O)c2cc(C)cc(C(C)(C)C)c2O)cc1. The molecule has 0 saturated carbocycles. The molecule has 242 valence electrons. The lowest BCUT2D eigenvalue weighted by Crippen LogP contribution is -2.16. The first-order valence-electron chi connectivity index (χ1n) is 16.2. The van der Waals surface area contributed by atoms with Gasteiger partial charge >= 0.3 is 8.60 Å². The van der Waals surface area contributed by atoms with Crippen LogP contribution in [0.4, 0.5) is 0 Å². The number of aryl methyl sites for hydroxylation is 3. The molecule has 1 unspecified atom stereocenters. The number of unbranched alkanes of at least 4 members (excludes halogenated alkanes) is 6. The molecule has 0 radical (unpaired) electrons. The number of hydrogen-bond acceptors (Lipinski definition) is 5. The molecule has 3 N–H and O–H groups in total. The summed E-state index contributed by atoms with van der Waals surface area (Å²) >= 11 is 0. The zero-order chi connectivity index (χ0) is 32.7. The Kier molecular flexibility index (Phi) is 12.7. The van der Waals surface area contributed by atoms with Crippen molar-refractivity contribution in [3.05, 3.63) is 87.5 Å². The van der Waals surface area contributed by atoms with Crippen molar-refractivity contribution in [2.24, 2.45) is 0 Å². The summed E-state index contributed by atoms with van der Waals surface area (Å²) in [7, 11) is -2.42. The van der Waals surface area contributed by atoms with Gasteiger partial charge in [0, 0.05) is 11.1 Å². The number of benzene rings is 3. The summed E-state index contributed by atoms with van der Waals surface area (Å²) in [6.45, 7) is 18.4. The Morgan fingerprint density at radius 2 is 1.14 bits per heavy atom. The first kappa shape index (κ1) is 35.9. The van der Waals surface area contributed by atoms with Crippen LogP contribution >= 0.6 is 8.60 Å². The molecule has 0 bridgehead atoms. The van der Waals surface area contributed by atoms with E-state index in [2.05, 4.69) is 6.92 Å². The van der Waals surface area contributed by atoms with Crippen LogP contribution in [0.25, 0.3) is 0 Å². The van der Waals surface area contributed by atoms with Gasteiger partial charge in [-0.05, 0) is 78.5 Å². The molecular formula is C38H55O5P. The van der Waals surface area contributed by atoms with E-state index in [0.29, 0.717) is 16.9 Å². The number of rotatable bonds is 14. The minimum absolute atomic E-state index is 0.0874. The van der Waals surface area contributed by atoms with Gasteiger partial charge in [-0.25, -0.2) is 0 Å². The van der Waals surface area contributed by atoms with Crippen molar-refractivity contribution < 1.29 is 24.2 Å². The highest BCUT2D eigenvalue weighted by molar-refractivity contribution is 7.41. The highest BCUT2D eigenvalue weighted by Gasteiger charge is 2.32. The van der Waals surface area contributed by atoms with Gasteiger partial charge in [-0.2, -0.15) is 0 Å². The molecule has 0 aliphatic heterocycles. The van der Waals surface area contributed by atoms with Crippen molar-refractivity contribution in [3.8, 4) is 17.2 Å². The lowest BCUT2D eigenvalue weighted by Gasteiger charge is -2.29. The van der Waals surface area contributed by atoms with E-state index in [1.54, 1.807) is 0 Å². The molecule has 0 saturated heterocycles. The van der Waals surface area contributed by atoms with Crippen molar-refractivity contribution in [1.82, 2.24) is 0 Å². The first-order chi connectivity index (χ1) is 20.6. The van der Waals surface area contributed by atoms with Crippen molar-refractivity contribution in [2.75, 3.05) is 0 Å². The number of aromatic hydroxyl groups is 2. The van der Waals surface area contributed by atoms with Crippen LogP contribution in [-0.2, 0) is 21.8 Å². The van der Waals surface area contributed by atoms with Crippen molar-refractivity contribution in [1.29, 1.82) is 0 Å². The number of hydrogen-bond donors (Lipinski definition) is 3. The summed E-state index contributed by atoms with van der Waals surface area (Å²) in [5, 5.41) is 23.1. The molecule has 3 aromatic carbocycles. The molecule has 44 heavy (non-hydrogen) atoms. The zero-order valence-electron chi connectivity index (χ0n) is 28.5. The predicted octanol–water partition coefficient (Wildman–Crippen LogP) is 11.0. The second-order valence-electron chi connectivity index (χ2n) is 14.3. The van der Waals surface area contributed by atoms with Crippen LogP contribution in [0.2, 0.25) is 0 Å². The largest absolute Gasteiger partial charge is 0.507 e. The minimum Gasteiger partial charge on any atom is -0.507 e. The second kappa shape index (κ2) is 15.6. The third-order valence-corrected chi connectivity index (χ3v) is 8.88. The molecule has 6 heteroatoms. The Bertz CT molecular complexity index is 1280. The maximum absolute atomic E-state index is 11.6. The lowest BCUT2D eigenvalue weighted by atomic mass is 9.81. The average Bonchev–Trinajstić information content (AvgIpc) is 2.93. The smallest absolute Gasteiger partial charge is 0.395 e. The fourth-order valence-corrected chi connectivity index (χ4v) is 6.40. The van der Waals surface area contributed by atoms with E-state index in [0.717, 1.165) is 35.1 Å². The van der Waals surface area contributed by atoms with Crippen LogP contribution in [0.3, 0.4) is 0 Å². The molecule has 0 amide bonds. The number of phenols is 2. The standard InChI is InChI=1S/C38H55O5P/c1-10-11-12-13-14-15-16-17-28-18-20-29(21-19-28)42-44(41)43-36(30-22-26(2)24-32(34(30)39)37(4,5)6)31-23-27(3)25-33(35(31)40)38(7,8)9/h18-25,36,39-41H,10-17H2,1-9H3. The normalized spacial score (nSPS) is 13.0. The van der Waals surface area contributed by atoms with Crippen molar-refractivity contribution in [3.63, 3.8) is 0 Å². The van der Waals surface area contributed by atoms with Gasteiger partial charge in [-0.3, -0.25) is 4.52 Å². The van der Waals surface area contributed by atoms with Gasteiger partial charge in [-0.1, -0.05) is 122 Å². The lowest BCUT2D eigenvalue weighted by molar-refractivity contribution is 0.201. The Hall–Kier alpha value is -2.59. The summed E-state index contributed by atoms with van der Waals surface area (Å²) in [5.74, 6) is 0.683. The van der Waals surface area contributed by atoms with Crippen LogP contribution in [0, 0.1) is 13.8 Å². The molecule has 0 aromatic heterocycles. The fraction of sp³-hybridized carbons (Fsp3) is 0.526. The molecular weight excluding hydrogens is 567 g/mol. The summed E-state index contributed by atoms with van der Waals surface area (Å²) in [4.78, 5) is 11.2. The molecule has 0 aliphatic rings. The monoisotopic (exact) mass is 622 g/mol. The highest BCUT2D eigenvalue weighted by atomic mass is 31.2. The third-order valence-electron chi connectivity index (χ3n) is 8.12. The van der Waals surface area contributed by atoms with Crippen LogP contribution in [0.15, 0.2) is 48.5 Å². The van der Waals surface area contributed by atoms with E-state index < -0.39 is 14.7 Å². The minimum atomic E-state index is -2.42. The summed E-state index contributed by atoms with van der Waals surface area (Å²) in [5.41, 5.74) is 4.95. The van der Waals surface area contributed by atoms with Gasteiger partial charge in [0.2, 0.25) is 0 Å². The third kappa shape index (κ3) is 9.96. The fourth-order valence-electron chi connectivity index (χ4n) is 5.64. The molecule has 0 aliphatic carbocycles. The first-order valence-corrected chi connectivity index (χ1v) is 17.4. The van der Waals surface area contributed by atoms with E-state index in [1.807, 2.05) is 104 Å². The van der Waals surface area contributed by atoms with Crippen LogP contribution in [0.1, 0.15) is 138 Å². The predicted molar refractivity (Wildman–Crippen MR) is 184 cm³/mol. The molecule has 0 heterocycles. The molecule has 0 spiro atoms. The van der Waals surface area contributed by atoms with Crippen molar-refractivity contribution >= 4 is 8.60 Å². The Labute approximate surface area is 267 Å². The van der Waals surface area contributed by atoms with Crippen LogP contribution in [-0.4, -0.2) is 15.1 Å². The summed E-state index contributed by atoms with van der Waals surface area (Å²) < 4.78 is 12.2. The molecule has 3 rings (SSSR count). The zero-order valence-corrected chi connectivity index (χ0v) is 29.4. The quantitative estimate of drug-likeness (QED) is 0.123. The topological polar surface area (TPSA) is 79.2 Å². The van der Waals surface area contributed by atoms with Gasteiger partial charge < -0.3 is 19.6 Å². The second-order valence-corrected chi connectivity index (χ2v) is 15.2. The van der Waals surface area contributed by atoms with Crippen molar-refractivity contribution in [2.45, 2.75) is 131 Å². The van der Waals surface area contributed by atoms with E-state index in [-0.39, 0.29) is 22.3 Å². The van der Waals surface area contributed by atoms with E-state index in [4.69, 9.17) is 9.05 Å². The highest BCUT2D eigenvalue weighted by Crippen LogP contribution is 2.50. The van der Waals surface area contributed by atoms with Crippen LogP contribution < -0.4 is 4.52 Å². The Balaban J connectivity index is 1.88. The molecule has 0 fully saturated rings. The Morgan fingerprint density at radius 3 is 1.59 bits per heavy atom. The van der Waals surface area contributed by atoms with E-state index in [9.17, 15) is 15.1 Å². The van der Waals surface area contributed by atoms with Crippen LogP contribution in [0.5, 0.6) is 17.2 Å². The van der Waals surface area contributed by atoms with Gasteiger partial charge in [0.25, 0.3) is 0 Å². The van der Waals surface area contributed by atoms with Gasteiger partial charge in [0.15, 0.2) is 0 Å². The Morgan fingerprint density at radius 1 is 0.682 bits per heavy atom. The van der Waals surface area contributed by atoms with Gasteiger partial charge in [-0.15, -0.1) is 0 Å². The molecule has 3 aromatic rings. The molecule has 1 atom stereocenters. The summed E-state index contributed by atoms with van der Waals surface area (Å²) in [6.07, 6.45) is 8.99. The van der Waals surface area contributed by atoms with Gasteiger partial charge in [0.1, 0.15) is 23.4 Å². The maximum Gasteiger partial charge on any atom is 0.395 e. The molecule has 5 nitrogen and oxygen atoms in total. The number of phenolic OH excluding ortho intramolecular Hbond substituents is 2.